The maximum absolute atomic E-state index is 11.1. The zero-order valence-corrected chi connectivity index (χ0v) is 8.86. The Morgan fingerprint density at radius 1 is 1.80 bits per heavy atom. The van der Waals surface area contributed by atoms with Crippen molar-refractivity contribution in [3.8, 4) is 0 Å². The lowest BCUT2D eigenvalue weighted by molar-refractivity contribution is -0.117. The molecule has 1 N–H and O–H groups in total. The summed E-state index contributed by atoms with van der Waals surface area (Å²) in [6.45, 7) is 6.43. The van der Waals surface area contributed by atoms with E-state index in [1.54, 1.807) is 0 Å². The van der Waals surface area contributed by atoms with E-state index in [9.17, 15) is 4.79 Å². The smallest absolute Gasteiger partial charge is 0.243 e. The number of carbonyl (C=O) groups excluding carboxylic acids is 1. The third kappa shape index (κ3) is 1.93. The Kier molecular flexibility index (Phi) is 2.58. The third-order valence-corrected chi connectivity index (χ3v) is 2.80. The molecule has 1 amide bonds. The molecule has 1 unspecified atom stereocenters. The predicted octanol–water partition coefficient (Wildman–Crippen LogP) is 0.809. The van der Waals surface area contributed by atoms with Gasteiger partial charge in [-0.25, -0.2) is 4.98 Å². The highest BCUT2D eigenvalue weighted by atomic mass is 16.1. The molecule has 0 aliphatic carbocycles. The third-order valence-electron chi connectivity index (χ3n) is 2.80. The van der Waals surface area contributed by atoms with Crippen LogP contribution in [0.2, 0.25) is 0 Å². The van der Waals surface area contributed by atoms with E-state index < -0.39 is 0 Å². The summed E-state index contributed by atoms with van der Waals surface area (Å²) in [6.07, 6.45) is 4.97. The van der Waals surface area contributed by atoms with Gasteiger partial charge in [-0.05, 0) is 19.4 Å². The summed E-state index contributed by atoms with van der Waals surface area (Å²) in [5.74, 6) is 0.963. The highest BCUT2D eigenvalue weighted by Crippen LogP contribution is 2.15. The van der Waals surface area contributed by atoms with Gasteiger partial charge in [-0.15, -0.1) is 0 Å². The van der Waals surface area contributed by atoms with E-state index in [2.05, 4.69) is 28.4 Å². The minimum absolute atomic E-state index is 0.100. The first kappa shape index (κ1) is 9.96. The van der Waals surface area contributed by atoms with E-state index >= 15 is 0 Å². The Bertz CT molecular complexity index is 395. The number of nitrogens with one attached hydrogen (secondary N) is 1. The van der Waals surface area contributed by atoms with Crippen LogP contribution in [0.1, 0.15) is 17.9 Å². The summed E-state index contributed by atoms with van der Waals surface area (Å²) in [4.78, 5) is 15.5. The summed E-state index contributed by atoms with van der Waals surface area (Å²) in [5, 5.41) is 2.91. The maximum Gasteiger partial charge on any atom is 0.243 e. The van der Waals surface area contributed by atoms with Crippen LogP contribution in [0, 0.1) is 6.92 Å². The number of fused-ring (bicyclic) bond motifs is 1. The predicted molar refractivity (Wildman–Crippen MR) is 57.4 cm³/mol. The largest absolute Gasteiger partial charge is 0.349 e. The number of hydrogen-bond donors (Lipinski definition) is 1. The van der Waals surface area contributed by atoms with Gasteiger partial charge in [-0.3, -0.25) is 4.79 Å². The molecule has 0 saturated carbocycles. The fourth-order valence-electron chi connectivity index (χ4n) is 1.97. The number of hydrogen-bond acceptors (Lipinski definition) is 2. The molecule has 2 rings (SSSR count). The number of aromatic nitrogens is 2. The van der Waals surface area contributed by atoms with E-state index in [1.807, 2.05) is 6.20 Å². The van der Waals surface area contributed by atoms with Gasteiger partial charge in [0.15, 0.2) is 0 Å². The molecular weight excluding hydrogens is 190 g/mol. The average molecular weight is 205 g/mol. The zero-order valence-electron chi connectivity index (χ0n) is 8.86. The van der Waals surface area contributed by atoms with Gasteiger partial charge in [-0.2, -0.15) is 0 Å². The highest BCUT2D eigenvalue weighted by molar-refractivity contribution is 5.87. The molecule has 4 heteroatoms. The minimum Gasteiger partial charge on any atom is -0.349 e. The lowest BCUT2D eigenvalue weighted by Crippen LogP contribution is -2.39. The zero-order chi connectivity index (χ0) is 10.8. The Morgan fingerprint density at radius 3 is 3.33 bits per heavy atom. The summed E-state index contributed by atoms with van der Waals surface area (Å²) >= 11 is 0. The summed E-state index contributed by atoms with van der Waals surface area (Å²) in [7, 11) is 0. The topological polar surface area (TPSA) is 46.9 Å². The Morgan fingerprint density at radius 2 is 2.60 bits per heavy atom. The van der Waals surface area contributed by atoms with Crippen LogP contribution < -0.4 is 5.32 Å². The van der Waals surface area contributed by atoms with Crippen molar-refractivity contribution in [2.75, 3.05) is 0 Å². The quantitative estimate of drug-likeness (QED) is 0.726. The van der Waals surface area contributed by atoms with Gasteiger partial charge in [0, 0.05) is 30.9 Å². The van der Waals surface area contributed by atoms with Crippen molar-refractivity contribution in [1.82, 2.24) is 14.9 Å². The van der Waals surface area contributed by atoms with Gasteiger partial charge in [0.25, 0.3) is 0 Å². The van der Waals surface area contributed by atoms with Crippen LogP contribution in [0.5, 0.6) is 0 Å². The second-order valence-electron chi connectivity index (χ2n) is 3.87. The lowest BCUT2D eigenvalue weighted by Gasteiger charge is -2.24. The first-order valence-electron chi connectivity index (χ1n) is 5.14. The molecule has 0 fully saturated rings. The van der Waals surface area contributed by atoms with E-state index in [1.165, 1.54) is 11.8 Å². The molecule has 4 nitrogen and oxygen atoms in total. The molecule has 2 heterocycles. The van der Waals surface area contributed by atoms with Crippen LogP contribution >= 0.6 is 0 Å². The van der Waals surface area contributed by atoms with E-state index in [0.717, 1.165) is 25.2 Å². The van der Waals surface area contributed by atoms with Gasteiger partial charge >= 0.3 is 0 Å². The molecule has 1 aliphatic heterocycles. The minimum atomic E-state index is -0.100. The van der Waals surface area contributed by atoms with Crippen molar-refractivity contribution in [3.05, 3.63) is 30.4 Å². The van der Waals surface area contributed by atoms with E-state index in [4.69, 9.17) is 0 Å². The summed E-state index contributed by atoms with van der Waals surface area (Å²) < 4.78 is 2.20. The molecule has 0 radical (unpaired) electrons. The van der Waals surface area contributed by atoms with Crippen LogP contribution in [0.4, 0.5) is 0 Å². The van der Waals surface area contributed by atoms with Crippen molar-refractivity contribution in [2.45, 2.75) is 32.4 Å². The Labute approximate surface area is 89.0 Å². The molecule has 0 bridgehead atoms. The van der Waals surface area contributed by atoms with Crippen molar-refractivity contribution >= 4 is 5.91 Å². The average Bonchev–Trinajstić information content (AvgIpc) is 2.60. The number of nitrogens with zero attached hydrogens (tertiary/aromatic N) is 2. The molecule has 1 aromatic rings. The number of aryl methyl sites for hydroxylation is 1. The molecule has 80 valence electrons. The lowest BCUT2D eigenvalue weighted by atomic mass is 10.1. The fourth-order valence-corrected chi connectivity index (χ4v) is 1.97. The molecule has 15 heavy (non-hydrogen) atoms. The molecular formula is C11H15N3O. The first-order chi connectivity index (χ1) is 7.20. The van der Waals surface area contributed by atoms with Crippen molar-refractivity contribution < 1.29 is 4.79 Å². The summed E-state index contributed by atoms with van der Waals surface area (Å²) in [6, 6.07) is 0.199. The molecule has 1 atom stereocenters. The second kappa shape index (κ2) is 3.88. The van der Waals surface area contributed by atoms with Crippen molar-refractivity contribution in [3.63, 3.8) is 0 Å². The Balaban J connectivity index is 2.06. The van der Waals surface area contributed by atoms with E-state index in [-0.39, 0.29) is 11.9 Å². The molecule has 1 aliphatic rings. The normalized spacial score (nSPS) is 19.4. The first-order valence-corrected chi connectivity index (χ1v) is 5.14. The van der Waals surface area contributed by atoms with Gasteiger partial charge in [0.05, 0.1) is 0 Å². The standard InChI is InChI=1S/C11H15N3O/c1-3-11(15)13-9-4-5-14-8(2)7-12-10(14)6-9/h3,7,9H,1,4-6H2,2H3,(H,13,15). The van der Waals surface area contributed by atoms with Gasteiger partial charge in [-0.1, -0.05) is 6.58 Å². The monoisotopic (exact) mass is 205 g/mol. The van der Waals surface area contributed by atoms with Gasteiger partial charge in [0.1, 0.15) is 5.82 Å². The van der Waals surface area contributed by atoms with Crippen LogP contribution in [0.3, 0.4) is 0 Å². The Hall–Kier alpha value is -1.58. The second-order valence-corrected chi connectivity index (χ2v) is 3.87. The van der Waals surface area contributed by atoms with Gasteiger partial charge in [0.2, 0.25) is 5.91 Å². The van der Waals surface area contributed by atoms with Crippen LogP contribution in [0.15, 0.2) is 18.9 Å². The maximum atomic E-state index is 11.1. The van der Waals surface area contributed by atoms with Crippen LogP contribution in [-0.4, -0.2) is 21.5 Å². The van der Waals surface area contributed by atoms with Crippen LogP contribution in [-0.2, 0) is 17.8 Å². The molecule has 0 spiro atoms. The number of imidazole rings is 1. The highest BCUT2D eigenvalue weighted by Gasteiger charge is 2.21. The molecule has 0 aromatic carbocycles. The SMILES string of the molecule is C=CC(=O)NC1CCn2c(C)cnc2C1. The van der Waals surface area contributed by atoms with Crippen LogP contribution in [0.25, 0.3) is 0 Å². The molecule has 1 aromatic heterocycles. The summed E-state index contributed by atoms with van der Waals surface area (Å²) in [5.41, 5.74) is 1.19. The number of amides is 1. The van der Waals surface area contributed by atoms with Crippen molar-refractivity contribution in [2.24, 2.45) is 0 Å². The number of rotatable bonds is 2. The fraction of sp³-hybridized carbons (Fsp3) is 0.455. The number of carbonyl (C=O) groups is 1. The van der Waals surface area contributed by atoms with Crippen molar-refractivity contribution in [1.29, 1.82) is 0 Å². The van der Waals surface area contributed by atoms with Gasteiger partial charge < -0.3 is 9.88 Å². The molecule has 0 saturated heterocycles. The van der Waals surface area contributed by atoms with E-state index in [0.29, 0.717) is 0 Å².